The summed E-state index contributed by atoms with van der Waals surface area (Å²) in [5, 5.41) is 16.1. The summed E-state index contributed by atoms with van der Waals surface area (Å²) in [6, 6.07) is 16.9. The van der Waals surface area contributed by atoms with E-state index in [1.54, 1.807) is 36.4 Å². The minimum atomic E-state index is -0.809. The van der Waals surface area contributed by atoms with Crippen LogP contribution in [0.4, 0.5) is 19.3 Å². The molecule has 0 bridgehead atoms. The Kier molecular flexibility index (Phi) is 8.12. The van der Waals surface area contributed by atoms with Crippen LogP contribution in [0, 0.1) is 11.6 Å². The van der Waals surface area contributed by atoms with Crippen LogP contribution < -0.4 is 15.4 Å². The lowest BCUT2D eigenvalue weighted by Gasteiger charge is -2.27. The zero-order chi connectivity index (χ0) is 25.5. The van der Waals surface area contributed by atoms with Gasteiger partial charge in [-0.2, -0.15) is 0 Å². The van der Waals surface area contributed by atoms with Crippen molar-refractivity contribution >= 4 is 17.6 Å². The fraction of sp³-hybridized carbons (Fsp3) is 0.259. The largest absolute Gasteiger partial charge is 0.489 e. The van der Waals surface area contributed by atoms with Crippen LogP contribution in [-0.2, 0) is 6.61 Å². The number of nitrogens with one attached hydrogen (secondary N) is 2. The first kappa shape index (κ1) is 25.1. The van der Waals surface area contributed by atoms with Crippen LogP contribution >= 0.6 is 0 Å². The Bertz CT molecular complexity index is 1170. The topological polar surface area (TPSA) is 90.9 Å². The molecule has 0 radical (unpaired) electrons. The maximum absolute atomic E-state index is 13.1. The number of aliphatic hydroxyl groups is 1. The number of ether oxygens (including phenoxy) is 1. The van der Waals surface area contributed by atoms with Crippen molar-refractivity contribution in [2.24, 2.45) is 0 Å². The van der Waals surface area contributed by atoms with Gasteiger partial charge in [0.05, 0.1) is 12.1 Å². The first-order valence-corrected chi connectivity index (χ1v) is 11.6. The second kappa shape index (κ2) is 11.6. The summed E-state index contributed by atoms with van der Waals surface area (Å²) in [5.41, 5.74) is 1.64. The lowest BCUT2D eigenvalue weighted by molar-refractivity contribution is 0.0811. The van der Waals surface area contributed by atoms with Crippen LogP contribution in [0.1, 0.15) is 28.8 Å². The third kappa shape index (κ3) is 6.79. The van der Waals surface area contributed by atoms with E-state index in [1.165, 1.54) is 41.3 Å². The van der Waals surface area contributed by atoms with E-state index in [0.29, 0.717) is 36.4 Å². The highest BCUT2D eigenvalue weighted by atomic mass is 19.1. The minimum Gasteiger partial charge on any atom is -0.489 e. The molecule has 36 heavy (non-hydrogen) atoms. The summed E-state index contributed by atoms with van der Waals surface area (Å²) < 4.78 is 31.8. The van der Waals surface area contributed by atoms with Crippen molar-refractivity contribution in [1.29, 1.82) is 0 Å². The van der Waals surface area contributed by atoms with Gasteiger partial charge in [0, 0.05) is 24.3 Å². The number of hydrogen-bond acceptors (Lipinski definition) is 4. The van der Waals surface area contributed by atoms with E-state index in [9.17, 15) is 23.5 Å². The average molecular weight is 496 g/mol. The first-order valence-electron chi connectivity index (χ1n) is 11.6. The monoisotopic (exact) mass is 495 g/mol. The summed E-state index contributed by atoms with van der Waals surface area (Å²) in [4.78, 5) is 27.1. The van der Waals surface area contributed by atoms with Crippen molar-refractivity contribution in [3.63, 3.8) is 0 Å². The molecule has 0 saturated carbocycles. The van der Waals surface area contributed by atoms with Crippen molar-refractivity contribution in [1.82, 2.24) is 10.2 Å². The number of carbonyl (C=O) groups is 2. The SMILES string of the molecule is O=C(N[C@H]1CN(C(=O)Nc2ccc(F)cc2)CCC[C@H]1O)c1ccc(OCc2ccc(F)cc2)cc1. The van der Waals surface area contributed by atoms with Gasteiger partial charge < -0.3 is 25.4 Å². The van der Waals surface area contributed by atoms with Crippen LogP contribution in [0.5, 0.6) is 5.75 Å². The van der Waals surface area contributed by atoms with Crippen LogP contribution in [0.25, 0.3) is 0 Å². The molecule has 1 aliphatic rings. The van der Waals surface area contributed by atoms with Gasteiger partial charge in [-0.3, -0.25) is 4.79 Å². The number of carbonyl (C=O) groups excluding carboxylic acids is 2. The predicted octanol–water partition coefficient (Wildman–Crippen LogP) is 4.33. The molecule has 7 nitrogen and oxygen atoms in total. The molecule has 188 valence electrons. The van der Waals surface area contributed by atoms with Gasteiger partial charge in [-0.15, -0.1) is 0 Å². The summed E-state index contributed by atoms with van der Waals surface area (Å²) in [6.07, 6.45) is 0.196. The Labute approximate surface area is 207 Å². The molecular formula is C27H27F2N3O4. The van der Waals surface area contributed by atoms with Crippen LogP contribution in [0.15, 0.2) is 72.8 Å². The van der Waals surface area contributed by atoms with E-state index < -0.39 is 24.0 Å². The zero-order valence-electron chi connectivity index (χ0n) is 19.5. The molecule has 3 amide bonds. The highest BCUT2D eigenvalue weighted by molar-refractivity contribution is 5.94. The Morgan fingerprint density at radius 1 is 0.944 bits per heavy atom. The molecule has 0 unspecified atom stereocenters. The van der Waals surface area contributed by atoms with Crippen LogP contribution in [0.2, 0.25) is 0 Å². The molecule has 3 aromatic carbocycles. The van der Waals surface area contributed by atoms with Gasteiger partial charge in [-0.1, -0.05) is 12.1 Å². The van der Waals surface area contributed by atoms with Gasteiger partial charge in [0.2, 0.25) is 0 Å². The maximum Gasteiger partial charge on any atom is 0.321 e. The molecule has 0 aliphatic carbocycles. The van der Waals surface area contributed by atoms with Crippen LogP contribution in [0.3, 0.4) is 0 Å². The molecule has 0 spiro atoms. The number of urea groups is 1. The van der Waals surface area contributed by atoms with E-state index in [2.05, 4.69) is 10.6 Å². The lowest BCUT2D eigenvalue weighted by Crippen LogP contribution is -2.50. The third-order valence-electron chi connectivity index (χ3n) is 5.94. The summed E-state index contributed by atoms with van der Waals surface area (Å²) in [5.74, 6) is -0.551. The van der Waals surface area contributed by atoms with Gasteiger partial charge >= 0.3 is 6.03 Å². The van der Waals surface area contributed by atoms with Crippen molar-refractivity contribution < 1.29 is 28.2 Å². The Morgan fingerprint density at radius 2 is 1.58 bits per heavy atom. The number of hydrogen-bond donors (Lipinski definition) is 3. The number of aliphatic hydroxyl groups excluding tert-OH is 1. The molecule has 1 aliphatic heterocycles. The third-order valence-corrected chi connectivity index (χ3v) is 5.94. The lowest BCUT2D eigenvalue weighted by atomic mass is 10.1. The highest BCUT2D eigenvalue weighted by Crippen LogP contribution is 2.17. The molecule has 1 saturated heterocycles. The van der Waals surface area contributed by atoms with Gasteiger partial charge in [0.25, 0.3) is 5.91 Å². The number of likely N-dealkylation sites (tertiary alicyclic amines) is 1. The van der Waals surface area contributed by atoms with Crippen molar-refractivity contribution in [3.8, 4) is 5.75 Å². The Hall–Kier alpha value is -3.98. The molecular weight excluding hydrogens is 468 g/mol. The number of halogens is 2. The summed E-state index contributed by atoms with van der Waals surface area (Å²) in [6.45, 7) is 0.797. The van der Waals surface area contributed by atoms with Gasteiger partial charge in [0.15, 0.2) is 0 Å². The van der Waals surface area contributed by atoms with E-state index in [4.69, 9.17) is 4.74 Å². The van der Waals surface area contributed by atoms with Crippen molar-refractivity contribution in [2.75, 3.05) is 18.4 Å². The van der Waals surface area contributed by atoms with Gasteiger partial charge in [0.1, 0.15) is 24.0 Å². The number of rotatable bonds is 6. The standard InChI is InChI=1S/C27H27F2N3O4/c28-20-7-3-18(4-8-20)17-36-23-13-5-19(6-14-23)26(34)31-24-16-32(15-1-2-25(24)33)27(35)30-22-11-9-21(29)10-12-22/h3-14,24-25,33H,1-2,15-17H2,(H,30,35)(H,31,34)/t24-,25+/m0/s1. The Balaban J connectivity index is 1.33. The fourth-order valence-corrected chi connectivity index (χ4v) is 3.91. The number of anilines is 1. The molecule has 1 heterocycles. The summed E-state index contributed by atoms with van der Waals surface area (Å²) in [7, 11) is 0. The number of benzene rings is 3. The second-order valence-corrected chi connectivity index (χ2v) is 8.61. The number of nitrogens with zero attached hydrogens (tertiary/aromatic N) is 1. The first-order chi connectivity index (χ1) is 17.4. The van der Waals surface area contributed by atoms with Crippen LogP contribution in [-0.4, -0.2) is 47.2 Å². The van der Waals surface area contributed by atoms with Crippen molar-refractivity contribution in [3.05, 3.63) is 95.6 Å². The smallest absolute Gasteiger partial charge is 0.321 e. The van der Waals surface area contributed by atoms with E-state index >= 15 is 0 Å². The van der Waals surface area contributed by atoms with Gasteiger partial charge in [-0.25, -0.2) is 13.6 Å². The van der Waals surface area contributed by atoms with E-state index in [-0.39, 0.29) is 24.9 Å². The molecule has 9 heteroatoms. The van der Waals surface area contributed by atoms with Crippen molar-refractivity contribution in [2.45, 2.75) is 31.6 Å². The van der Waals surface area contributed by atoms with E-state index in [0.717, 1.165) is 5.56 Å². The molecule has 0 aromatic heterocycles. The number of amides is 3. The molecule has 2 atom stereocenters. The second-order valence-electron chi connectivity index (χ2n) is 8.61. The quantitative estimate of drug-likeness (QED) is 0.475. The predicted molar refractivity (Wildman–Crippen MR) is 131 cm³/mol. The normalized spacial score (nSPS) is 17.7. The minimum absolute atomic E-state index is 0.124. The Morgan fingerprint density at radius 3 is 2.25 bits per heavy atom. The van der Waals surface area contributed by atoms with E-state index in [1.807, 2.05) is 0 Å². The average Bonchev–Trinajstić information content (AvgIpc) is 3.06. The fourth-order valence-electron chi connectivity index (χ4n) is 3.91. The molecule has 3 aromatic rings. The highest BCUT2D eigenvalue weighted by Gasteiger charge is 2.29. The maximum atomic E-state index is 13.1. The zero-order valence-corrected chi connectivity index (χ0v) is 19.5. The molecule has 1 fully saturated rings. The molecule has 3 N–H and O–H groups in total. The van der Waals surface area contributed by atoms with Gasteiger partial charge in [-0.05, 0) is 79.1 Å². The summed E-state index contributed by atoms with van der Waals surface area (Å²) >= 11 is 0. The molecule has 4 rings (SSSR count).